The fourth-order valence-corrected chi connectivity index (χ4v) is 5.00. The molecule has 1 amide bonds. The lowest BCUT2D eigenvalue weighted by atomic mass is 9.85. The summed E-state index contributed by atoms with van der Waals surface area (Å²) in [5, 5.41) is 7.61. The number of benzene rings is 1. The predicted octanol–water partition coefficient (Wildman–Crippen LogP) is 4.46. The molecule has 0 fully saturated rings. The summed E-state index contributed by atoms with van der Waals surface area (Å²) in [4.78, 5) is 14.0. The standard InChI is InChI=1S/C20H22N2OS/c1-2-13-8-10-15-16(12-13)24-20-18(15)19(23)21-17(22-20)11-9-14-6-4-3-5-7-14/h3-7,9,11,13,17,22H,2,8,10,12H2,1H3,(H,21,23)/b11-9+. The smallest absolute Gasteiger partial charge is 0.256 e. The SMILES string of the molecule is CCC1CCc2c(sc3c2C(=O)NC(/C=C/c2ccccc2)N3)C1. The molecule has 2 aliphatic rings. The Morgan fingerprint density at radius 1 is 1.25 bits per heavy atom. The summed E-state index contributed by atoms with van der Waals surface area (Å²) in [6, 6.07) is 10.1. The highest BCUT2D eigenvalue weighted by Crippen LogP contribution is 2.41. The number of hydrogen-bond acceptors (Lipinski definition) is 3. The van der Waals surface area contributed by atoms with Crippen LogP contribution in [0.25, 0.3) is 6.08 Å². The highest BCUT2D eigenvalue weighted by Gasteiger charge is 2.32. The zero-order valence-electron chi connectivity index (χ0n) is 13.8. The van der Waals surface area contributed by atoms with Gasteiger partial charge in [-0.1, -0.05) is 49.8 Å². The Morgan fingerprint density at radius 3 is 2.88 bits per heavy atom. The Hall–Kier alpha value is -2.07. The first-order valence-electron chi connectivity index (χ1n) is 8.69. The van der Waals surface area contributed by atoms with Crippen molar-refractivity contribution in [1.82, 2.24) is 5.32 Å². The number of carbonyl (C=O) groups excluding carboxylic acids is 1. The molecule has 2 heterocycles. The molecule has 0 saturated carbocycles. The average molecular weight is 338 g/mol. The quantitative estimate of drug-likeness (QED) is 0.867. The molecule has 1 aliphatic heterocycles. The van der Waals surface area contributed by atoms with Gasteiger partial charge in [-0.25, -0.2) is 0 Å². The van der Waals surface area contributed by atoms with Crippen molar-refractivity contribution in [2.75, 3.05) is 5.32 Å². The van der Waals surface area contributed by atoms with E-state index in [9.17, 15) is 4.79 Å². The lowest BCUT2D eigenvalue weighted by Crippen LogP contribution is -2.43. The Kier molecular flexibility index (Phi) is 4.15. The summed E-state index contributed by atoms with van der Waals surface area (Å²) in [5.74, 6) is 0.841. The average Bonchev–Trinajstić information content (AvgIpc) is 2.98. The van der Waals surface area contributed by atoms with Gasteiger partial charge in [0.1, 0.15) is 11.2 Å². The van der Waals surface area contributed by atoms with Gasteiger partial charge >= 0.3 is 0 Å². The maximum absolute atomic E-state index is 12.6. The summed E-state index contributed by atoms with van der Waals surface area (Å²) in [5.41, 5.74) is 3.32. The molecule has 0 radical (unpaired) electrons. The molecule has 2 aromatic rings. The Labute approximate surface area is 146 Å². The monoisotopic (exact) mass is 338 g/mol. The number of anilines is 1. The third kappa shape index (κ3) is 2.86. The van der Waals surface area contributed by atoms with E-state index in [1.165, 1.54) is 23.3 Å². The normalized spacial score (nSPS) is 22.6. The summed E-state index contributed by atoms with van der Waals surface area (Å²) in [6.07, 6.45) is 8.52. The molecule has 0 spiro atoms. The number of fused-ring (bicyclic) bond motifs is 3. The van der Waals surface area contributed by atoms with Crippen LogP contribution in [0, 0.1) is 5.92 Å². The van der Waals surface area contributed by atoms with E-state index in [0.717, 1.165) is 34.9 Å². The van der Waals surface area contributed by atoms with Crippen molar-refractivity contribution in [3.8, 4) is 0 Å². The van der Waals surface area contributed by atoms with Crippen molar-refractivity contribution >= 4 is 28.3 Å². The van der Waals surface area contributed by atoms with E-state index in [2.05, 4.69) is 29.7 Å². The summed E-state index contributed by atoms with van der Waals surface area (Å²) in [7, 11) is 0. The minimum absolute atomic E-state index is 0.0684. The van der Waals surface area contributed by atoms with Crippen molar-refractivity contribution in [3.05, 3.63) is 58.0 Å². The molecule has 4 heteroatoms. The number of rotatable bonds is 3. The van der Waals surface area contributed by atoms with Crippen LogP contribution >= 0.6 is 11.3 Å². The van der Waals surface area contributed by atoms with Gasteiger partial charge in [0.2, 0.25) is 0 Å². The van der Waals surface area contributed by atoms with Crippen molar-refractivity contribution in [3.63, 3.8) is 0 Å². The van der Waals surface area contributed by atoms with E-state index in [-0.39, 0.29) is 12.1 Å². The number of amides is 1. The fraction of sp³-hybridized carbons (Fsp3) is 0.350. The minimum atomic E-state index is -0.146. The van der Waals surface area contributed by atoms with Crippen LogP contribution in [0.5, 0.6) is 0 Å². The van der Waals surface area contributed by atoms with E-state index in [1.807, 2.05) is 30.4 Å². The molecular weight excluding hydrogens is 316 g/mol. The maximum Gasteiger partial charge on any atom is 0.256 e. The van der Waals surface area contributed by atoms with Crippen molar-refractivity contribution < 1.29 is 4.79 Å². The van der Waals surface area contributed by atoms with Gasteiger partial charge in [0.05, 0.1) is 5.56 Å². The van der Waals surface area contributed by atoms with Gasteiger partial charge in [-0.15, -0.1) is 11.3 Å². The zero-order valence-corrected chi connectivity index (χ0v) is 14.7. The summed E-state index contributed by atoms with van der Waals surface area (Å²) >= 11 is 1.78. The molecule has 2 atom stereocenters. The number of carbonyl (C=O) groups is 1. The summed E-state index contributed by atoms with van der Waals surface area (Å²) < 4.78 is 0. The molecule has 2 N–H and O–H groups in total. The van der Waals surface area contributed by atoms with Crippen LogP contribution in [-0.2, 0) is 12.8 Å². The number of thiophene rings is 1. The third-order valence-electron chi connectivity index (χ3n) is 5.03. The second kappa shape index (κ2) is 6.44. The predicted molar refractivity (Wildman–Crippen MR) is 100 cm³/mol. The van der Waals surface area contributed by atoms with Crippen molar-refractivity contribution in [1.29, 1.82) is 0 Å². The van der Waals surface area contributed by atoms with Gasteiger partial charge in [0.15, 0.2) is 0 Å². The molecule has 3 nitrogen and oxygen atoms in total. The molecule has 1 aliphatic carbocycles. The van der Waals surface area contributed by atoms with Gasteiger partial charge < -0.3 is 10.6 Å². The Balaban J connectivity index is 1.56. The van der Waals surface area contributed by atoms with E-state index in [1.54, 1.807) is 11.3 Å². The molecule has 4 rings (SSSR count). The second-order valence-corrected chi connectivity index (χ2v) is 7.70. The third-order valence-corrected chi connectivity index (χ3v) is 6.21. The van der Waals surface area contributed by atoms with E-state index in [4.69, 9.17) is 0 Å². The van der Waals surface area contributed by atoms with Crippen LogP contribution < -0.4 is 10.6 Å². The van der Waals surface area contributed by atoms with Crippen molar-refractivity contribution in [2.24, 2.45) is 5.92 Å². The fourth-order valence-electron chi connectivity index (χ4n) is 3.60. The minimum Gasteiger partial charge on any atom is -0.353 e. The molecule has 1 aromatic heterocycles. The van der Waals surface area contributed by atoms with Crippen LogP contribution in [-0.4, -0.2) is 12.1 Å². The lowest BCUT2D eigenvalue weighted by molar-refractivity contribution is 0.0942. The second-order valence-electron chi connectivity index (χ2n) is 6.59. The maximum atomic E-state index is 12.6. The van der Waals surface area contributed by atoms with E-state index < -0.39 is 0 Å². The van der Waals surface area contributed by atoms with Crippen LogP contribution in [0.2, 0.25) is 0 Å². The van der Waals surface area contributed by atoms with E-state index in [0.29, 0.717) is 0 Å². The van der Waals surface area contributed by atoms with Crippen LogP contribution in [0.1, 0.15) is 46.1 Å². The zero-order chi connectivity index (χ0) is 16.5. The molecular formula is C20H22N2OS. The van der Waals surface area contributed by atoms with Crippen molar-refractivity contribution in [2.45, 2.75) is 38.8 Å². The van der Waals surface area contributed by atoms with Crippen LogP contribution in [0.4, 0.5) is 5.00 Å². The molecule has 124 valence electrons. The molecule has 24 heavy (non-hydrogen) atoms. The first kappa shape index (κ1) is 15.5. The van der Waals surface area contributed by atoms with Gasteiger partial charge in [0.25, 0.3) is 5.91 Å². The first-order chi connectivity index (χ1) is 11.7. The van der Waals surface area contributed by atoms with Gasteiger partial charge in [-0.3, -0.25) is 4.79 Å². The first-order valence-corrected chi connectivity index (χ1v) is 9.51. The molecule has 2 unspecified atom stereocenters. The topological polar surface area (TPSA) is 41.1 Å². The number of hydrogen-bond donors (Lipinski definition) is 2. The highest BCUT2D eigenvalue weighted by molar-refractivity contribution is 7.16. The molecule has 0 bridgehead atoms. The molecule has 1 aromatic carbocycles. The lowest BCUT2D eigenvalue weighted by Gasteiger charge is -2.25. The number of nitrogens with one attached hydrogen (secondary N) is 2. The Bertz CT molecular complexity index is 778. The Morgan fingerprint density at radius 2 is 2.08 bits per heavy atom. The molecule has 0 saturated heterocycles. The van der Waals surface area contributed by atoms with E-state index >= 15 is 0 Å². The summed E-state index contributed by atoms with van der Waals surface area (Å²) in [6.45, 7) is 2.26. The van der Waals surface area contributed by atoms with Gasteiger partial charge in [-0.05, 0) is 42.4 Å². The van der Waals surface area contributed by atoms with Gasteiger partial charge in [0, 0.05) is 4.88 Å². The van der Waals surface area contributed by atoms with Crippen LogP contribution in [0.15, 0.2) is 36.4 Å². The highest BCUT2D eigenvalue weighted by atomic mass is 32.1. The largest absolute Gasteiger partial charge is 0.353 e. The van der Waals surface area contributed by atoms with Gasteiger partial charge in [-0.2, -0.15) is 0 Å². The van der Waals surface area contributed by atoms with Crippen LogP contribution in [0.3, 0.4) is 0 Å².